The molecule has 32 heavy (non-hydrogen) atoms. The summed E-state index contributed by atoms with van der Waals surface area (Å²) in [7, 11) is 1.57. The van der Waals surface area contributed by atoms with E-state index in [1.807, 2.05) is 0 Å². The molecule has 2 aromatic carbocycles. The Kier molecular flexibility index (Phi) is 6.51. The number of amides is 2. The first-order valence-corrected chi connectivity index (χ1v) is 10.3. The molecule has 0 bridgehead atoms. The van der Waals surface area contributed by atoms with Gasteiger partial charge < -0.3 is 19.4 Å². The number of nitrogens with one attached hydrogen (secondary N) is 1. The van der Waals surface area contributed by atoms with Gasteiger partial charge >= 0.3 is 0 Å². The van der Waals surface area contributed by atoms with Gasteiger partial charge in [-0.15, -0.1) is 0 Å². The summed E-state index contributed by atoms with van der Waals surface area (Å²) >= 11 is 0. The average Bonchev–Trinajstić information content (AvgIpc) is 3.35. The number of carbonyl (C=O) groups excluding carboxylic acids is 2. The van der Waals surface area contributed by atoms with Gasteiger partial charge in [-0.2, -0.15) is 0 Å². The van der Waals surface area contributed by atoms with E-state index in [1.54, 1.807) is 54.5 Å². The van der Waals surface area contributed by atoms with Crippen LogP contribution in [0.5, 0.6) is 5.75 Å². The number of benzene rings is 2. The van der Waals surface area contributed by atoms with Crippen molar-refractivity contribution in [2.75, 3.05) is 38.6 Å². The quantitative estimate of drug-likeness (QED) is 0.637. The van der Waals surface area contributed by atoms with E-state index in [2.05, 4.69) is 10.2 Å². The van der Waals surface area contributed by atoms with Crippen LogP contribution in [0.2, 0.25) is 0 Å². The molecule has 166 valence electrons. The fourth-order valence-electron chi connectivity index (χ4n) is 3.73. The van der Waals surface area contributed by atoms with Crippen LogP contribution >= 0.6 is 0 Å². The van der Waals surface area contributed by atoms with Crippen molar-refractivity contribution < 1.29 is 23.1 Å². The van der Waals surface area contributed by atoms with Crippen LogP contribution in [-0.4, -0.2) is 54.9 Å². The molecule has 1 aliphatic heterocycles. The number of piperazine rings is 1. The van der Waals surface area contributed by atoms with Crippen LogP contribution in [0, 0.1) is 5.82 Å². The summed E-state index contributed by atoms with van der Waals surface area (Å²) in [6.45, 7) is 3.00. The summed E-state index contributed by atoms with van der Waals surface area (Å²) in [4.78, 5) is 29.1. The second kappa shape index (κ2) is 9.65. The Morgan fingerprint density at radius 2 is 1.88 bits per heavy atom. The van der Waals surface area contributed by atoms with Gasteiger partial charge in [0.15, 0.2) is 5.76 Å². The third kappa shape index (κ3) is 4.97. The molecular formula is C24H24FN3O4. The smallest absolute Gasteiger partial charge is 0.291 e. The maximum atomic E-state index is 13.6. The fraction of sp³-hybridized carbons (Fsp3) is 0.250. The number of nitrogens with zero attached hydrogens (tertiary/aromatic N) is 2. The highest BCUT2D eigenvalue weighted by Gasteiger charge is 2.23. The third-order valence-electron chi connectivity index (χ3n) is 5.41. The Hall–Kier alpha value is -3.65. The first-order chi connectivity index (χ1) is 15.5. The normalized spacial score (nSPS) is 14.2. The number of rotatable bonds is 6. The topological polar surface area (TPSA) is 75.0 Å². The van der Waals surface area contributed by atoms with Gasteiger partial charge in [-0.25, -0.2) is 4.39 Å². The maximum Gasteiger partial charge on any atom is 0.291 e. The van der Waals surface area contributed by atoms with Crippen LogP contribution in [0.3, 0.4) is 0 Å². The summed E-state index contributed by atoms with van der Waals surface area (Å²) in [6, 6.07) is 14.6. The first-order valence-electron chi connectivity index (χ1n) is 10.3. The zero-order chi connectivity index (χ0) is 22.5. The molecule has 1 N–H and O–H groups in total. The summed E-state index contributed by atoms with van der Waals surface area (Å²) in [5, 5.41) is 2.74. The van der Waals surface area contributed by atoms with Crippen LogP contribution in [-0.2, 0) is 6.54 Å². The van der Waals surface area contributed by atoms with E-state index in [1.165, 1.54) is 18.4 Å². The Morgan fingerprint density at radius 3 is 2.59 bits per heavy atom. The second-order valence-corrected chi connectivity index (χ2v) is 7.54. The Morgan fingerprint density at radius 1 is 1.06 bits per heavy atom. The molecule has 1 fully saturated rings. The summed E-state index contributed by atoms with van der Waals surface area (Å²) in [6.07, 6.45) is 1.43. The van der Waals surface area contributed by atoms with E-state index >= 15 is 0 Å². The zero-order valence-corrected chi connectivity index (χ0v) is 17.7. The highest BCUT2D eigenvalue weighted by atomic mass is 19.1. The lowest BCUT2D eigenvalue weighted by molar-refractivity contribution is 0.0627. The summed E-state index contributed by atoms with van der Waals surface area (Å²) < 4.78 is 24.0. The average molecular weight is 437 g/mol. The molecule has 2 amide bonds. The van der Waals surface area contributed by atoms with Crippen LogP contribution in [0.4, 0.5) is 10.1 Å². The van der Waals surface area contributed by atoms with Crippen molar-refractivity contribution >= 4 is 17.5 Å². The molecule has 0 atom stereocenters. The Balaban J connectivity index is 1.35. The van der Waals surface area contributed by atoms with E-state index in [-0.39, 0.29) is 23.4 Å². The lowest BCUT2D eigenvalue weighted by Crippen LogP contribution is -2.48. The van der Waals surface area contributed by atoms with Crippen LogP contribution in [0.15, 0.2) is 65.3 Å². The van der Waals surface area contributed by atoms with Crippen molar-refractivity contribution in [3.63, 3.8) is 0 Å². The van der Waals surface area contributed by atoms with E-state index in [4.69, 9.17) is 9.15 Å². The molecule has 0 radical (unpaired) electrons. The number of methoxy groups -OCH3 is 1. The standard InChI is InChI=1S/C24H24FN3O4/c1-31-21-8-7-19(25)14-18(21)16-27-9-11-28(12-10-27)24(30)17-4-2-5-20(15-17)26-23(29)22-6-3-13-32-22/h2-8,13-15H,9-12,16H2,1H3,(H,26,29). The van der Waals surface area contributed by atoms with Crippen molar-refractivity contribution in [2.24, 2.45) is 0 Å². The van der Waals surface area contributed by atoms with Crippen molar-refractivity contribution in [1.82, 2.24) is 9.80 Å². The largest absolute Gasteiger partial charge is 0.496 e. The number of hydrogen-bond acceptors (Lipinski definition) is 5. The zero-order valence-electron chi connectivity index (χ0n) is 17.7. The number of hydrogen-bond donors (Lipinski definition) is 1. The summed E-state index contributed by atoms with van der Waals surface area (Å²) in [5.41, 5.74) is 1.81. The van der Waals surface area contributed by atoms with Gasteiger partial charge in [-0.3, -0.25) is 14.5 Å². The molecule has 0 saturated carbocycles. The molecular weight excluding hydrogens is 413 g/mol. The SMILES string of the molecule is COc1ccc(F)cc1CN1CCN(C(=O)c2cccc(NC(=O)c3ccco3)c2)CC1. The number of halogens is 1. The van der Waals surface area contributed by atoms with Crippen LogP contribution in [0.25, 0.3) is 0 Å². The molecule has 1 saturated heterocycles. The lowest BCUT2D eigenvalue weighted by atomic mass is 10.1. The molecule has 0 aliphatic carbocycles. The van der Waals surface area contributed by atoms with Gasteiger partial charge in [0.25, 0.3) is 11.8 Å². The minimum Gasteiger partial charge on any atom is -0.496 e. The molecule has 2 heterocycles. The van der Waals surface area contributed by atoms with Gasteiger partial charge in [0.05, 0.1) is 13.4 Å². The van der Waals surface area contributed by atoms with E-state index in [0.29, 0.717) is 49.7 Å². The van der Waals surface area contributed by atoms with E-state index in [9.17, 15) is 14.0 Å². The number of carbonyl (C=O) groups is 2. The highest BCUT2D eigenvalue weighted by molar-refractivity contribution is 6.03. The van der Waals surface area contributed by atoms with Crippen molar-refractivity contribution in [3.8, 4) is 5.75 Å². The van der Waals surface area contributed by atoms with Crippen molar-refractivity contribution in [2.45, 2.75) is 6.54 Å². The van der Waals surface area contributed by atoms with Gasteiger partial charge in [-0.05, 0) is 48.5 Å². The predicted octanol–water partition coefficient (Wildman–Crippen LogP) is 3.64. The highest BCUT2D eigenvalue weighted by Crippen LogP contribution is 2.22. The van der Waals surface area contributed by atoms with Gasteiger partial charge in [0, 0.05) is 49.5 Å². The van der Waals surface area contributed by atoms with E-state index < -0.39 is 0 Å². The monoisotopic (exact) mass is 437 g/mol. The molecule has 3 aromatic rings. The second-order valence-electron chi connectivity index (χ2n) is 7.54. The van der Waals surface area contributed by atoms with E-state index in [0.717, 1.165) is 5.56 Å². The fourth-order valence-corrected chi connectivity index (χ4v) is 3.73. The Bertz CT molecular complexity index is 1090. The number of furan rings is 1. The van der Waals surface area contributed by atoms with Crippen LogP contribution in [0.1, 0.15) is 26.5 Å². The molecule has 1 aliphatic rings. The molecule has 4 rings (SSSR count). The molecule has 1 aromatic heterocycles. The predicted molar refractivity (Wildman–Crippen MR) is 117 cm³/mol. The Labute approximate surface area is 185 Å². The molecule has 7 nitrogen and oxygen atoms in total. The van der Waals surface area contributed by atoms with Crippen LogP contribution < -0.4 is 10.1 Å². The first kappa shape index (κ1) is 21.6. The molecule has 0 unspecified atom stereocenters. The molecule has 8 heteroatoms. The van der Waals surface area contributed by atoms with Crippen molar-refractivity contribution in [1.29, 1.82) is 0 Å². The summed E-state index contributed by atoms with van der Waals surface area (Å²) in [5.74, 6) is 0.0859. The van der Waals surface area contributed by atoms with Gasteiger partial charge in [-0.1, -0.05) is 6.07 Å². The maximum absolute atomic E-state index is 13.6. The minimum absolute atomic E-state index is 0.0953. The molecule has 0 spiro atoms. The number of ether oxygens (including phenoxy) is 1. The third-order valence-corrected chi connectivity index (χ3v) is 5.41. The van der Waals surface area contributed by atoms with Crippen molar-refractivity contribution in [3.05, 3.63) is 83.6 Å². The van der Waals surface area contributed by atoms with Gasteiger partial charge in [0.1, 0.15) is 11.6 Å². The van der Waals surface area contributed by atoms with Gasteiger partial charge in [0.2, 0.25) is 0 Å². The lowest BCUT2D eigenvalue weighted by Gasteiger charge is -2.35. The minimum atomic E-state index is -0.374. The number of anilines is 1.